The molecule has 0 aliphatic carbocycles. The third-order valence-electron chi connectivity index (χ3n) is 3.76. The molecule has 0 bridgehead atoms. The molecule has 1 atom stereocenters. The fourth-order valence-electron chi connectivity index (χ4n) is 2.50. The number of aromatic nitrogens is 1. The first-order chi connectivity index (χ1) is 7.18. The number of hydrogen-bond donors (Lipinski definition) is 1. The molecule has 0 amide bonds. The van der Waals surface area contributed by atoms with Crippen molar-refractivity contribution in [2.45, 2.75) is 45.6 Å². The van der Waals surface area contributed by atoms with E-state index in [4.69, 9.17) is 0 Å². The van der Waals surface area contributed by atoms with Gasteiger partial charge in [-0.15, -0.1) is 0 Å². The largest absolute Gasteiger partial charge is 0.352 e. The number of rotatable bonds is 2. The molecule has 15 heavy (non-hydrogen) atoms. The molecule has 1 aliphatic rings. The molecule has 0 spiro atoms. The third kappa shape index (κ3) is 2.25. The van der Waals surface area contributed by atoms with E-state index in [2.05, 4.69) is 36.8 Å². The van der Waals surface area contributed by atoms with Gasteiger partial charge in [0.05, 0.1) is 0 Å². The Kier molecular flexibility index (Phi) is 3.15. The smallest absolute Gasteiger partial charge is 0.0175 e. The summed E-state index contributed by atoms with van der Waals surface area (Å²) >= 11 is 0. The fourth-order valence-corrected chi connectivity index (χ4v) is 2.50. The number of nitrogens with zero attached hydrogens (tertiary/aromatic N) is 1. The van der Waals surface area contributed by atoms with Crippen LogP contribution >= 0.6 is 0 Å². The minimum absolute atomic E-state index is 0.708. The maximum Gasteiger partial charge on any atom is 0.0175 e. The Hall–Kier alpha value is -0.760. The highest BCUT2D eigenvalue weighted by atomic mass is 15.0. The van der Waals surface area contributed by atoms with Crippen molar-refractivity contribution in [1.82, 2.24) is 9.88 Å². The molecular weight excluding hydrogens is 184 g/mol. The van der Waals surface area contributed by atoms with E-state index in [0.717, 1.165) is 0 Å². The van der Waals surface area contributed by atoms with Gasteiger partial charge in [-0.05, 0) is 51.3 Å². The zero-order valence-electron chi connectivity index (χ0n) is 10.1. The number of nitrogens with one attached hydrogen (secondary N) is 1. The molecule has 1 aliphatic heterocycles. The molecule has 0 aromatic carbocycles. The average molecular weight is 206 g/mol. The van der Waals surface area contributed by atoms with E-state index in [9.17, 15) is 0 Å². The van der Waals surface area contributed by atoms with Gasteiger partial charge in [0.2, 0.25) is 0 Å². The van der Waals surface area contributed by atoms with E-state index in [1.54, 1.807) is 0 Å². The highest BCUT2D eigenvalue weighted by Gasteiger charge is 2.15. The summed E-state index contributed by atoms with van der Waals surface area (Å²) in [5.41, 5.74) is 4.33. The number of piperidine rings is 1. The Morgan fingerprint density at radius 1 is 1.40 bits per heavy atom. The molecule has 1 fully saturated rings. The van der Waals surface area contributed by atoms with Crippen LogP contribution in [0.3, 0.4) is 0 Å². The van der Waals surface area contributed by atoms with Crippen molar-refractivity contribution in [2.24, 2.45) is 7.05 Å². The van der Waals surface area contributed by atoms with Crippen LogP contribution in [0.4, 0.5) is 0 Å². The van der Waals surface area contributed by atoms with Gasteiger partial charge in [0.1, 0.15) is 0 Å². The molecule has 2 heterocycles. The van der Waals surface area contributed by atoms with Crippen LogP contribution in [-0.4, -0.2) is 17.2 Å². The summed E-state index contributed by atoms with van der Waals surface area (Å²) in [6, 6.07) is 3.05. The van der Waals surface area contributed by atoms with Gasteiger partial charge in [0.25, 0.3) is 0 Å². The van der Waals surface area contributed by atoms with Crippen LogP contribution in [0.15, 0.2) is 6.07 Å². The van der Waals surface area contributed by atoms with Gasteiger partial charge in [-0.3, -0.25) is 0 Å². The molecule has 1 aromatic heterocycles. The van der Waals surface area contributed by atoms with Crippen LogP contribution in [0.2, 0.25) is 0 Å². The lowest BCUT2D eigenvalue weighted by Crippen LogP contribution is -2.35. The molecule has 2 nitrogen and oxygen atoms in total. The van der Waals surface area contributed by atoms with Crippen molar-refractivity contribution in [3.05, 3.63) is 23.0 Å². The van der Waals surface area contributed by atoms with Crippen LogP contribution < -0.4 is 5.32 Å². The van der Waals surface area contributed by atoms with Crippen LogP contribution in [0, 0.1) is 13.8 Å². The first-order valence-corrected chi connectivity index (χ1v) is 6.03. The summed E-state index contributed by atoms with van der Waals surface area (Å²) in [4.78, 5) is 0. The maximum atomic E-state index is 3.61. The topological polar surface area (TPSA) is 17.0 Å². The highest BCUT2D eigenvalue weighted by Crippen LogP contribution is 2.18. The minimum atomic E-state index is 0.708. The van der Waals surface area contributed by atoms with Gasteiger partial charge < -0.3 is 9.88 Å². The second-order valence-corrected chi connectivity index (χ2v) is 4.81. The Bertz CT molecular complexity index is 333. The fraction of sp³-hybridized carbons (Fsp3) is 0.692. The van der Waals surface area contributed by atoms with E-state index in [1.165, 1.54) is 49.2 Å². The lowest BCUT2D eigenvalue weighted by molar-refractivity contribution is 0.399. The van der Waals surface area contributed by atoms with Crippen LogP contribution in [0.1, 0.15) is 36.2 Å². The highest BCUT2D eigenvalue weighted by molar-refractivity contribution is 5.27. The van der Waals surface area contributed by atoms with Gasteiger partial charge in [-0.1, -0.05) is 6.42 Å². The second-order valence-electron chi connectivity index (χ2n) is 4.81. The van der Waals surface area contributed by atoms with Crippen molar-refractivity contribution in [1.29, 1.82) is 0 Å². The van der Waals surface area contributed by atoms with E-state index in [1.807, 2.05) is 0 Å². The average Bonchev–Trinajstić information content (AvgIpc) is 2.48. The molecule has 0 radical (unpaired) electrons. The number of hydrogen-bond acceptors (Lipinski definition) is 1. The molecule has 0 saturated carbocycles. The Balaban J connectivity index is 2.06. The standard InChI is InChI=1S/C13H22N2/c1-10-8-12(11(2)15(10)3)9-13-6-4-5-7-14-13/h8,13-14H,4-7,9H2,1-3H3. The summed E-state index contributed by atoms with van der Waals surface area (Å²) in [6.45, 7) is 5.62. The normalized spacial score (nSPS) is 21.9. The van der Waals surface area contributed by atoms with Crippen molar-refractivity contribution in [3.8, 4) is 0 Å². The second kappa shape index (κ2) is 4.40. The molecule has 1 aromatic rings. The van der Waals surface area contributed by atoms with Gasteiger partial charge in [0, 0.05) is 24.5 Å². The van der Waals surface area contributed by atoms with Crippen molar-refractivity contribution >= 4 is 0 Å². The van der Waals surface area contributed by atoms with Gasteiger partial charge >= 0.3 is 0 Å². The molecule has 84 valence electrons. The molecule has 1 unspecified atom stereocenters. The first-order valence-electron chi connectivity index (χ1n) is 6.03. The minimum Gasteiger partial charge on any atom is -0.352 e. The Labute approximate surface area is 92.7 Å². The molecule has 1 N–H and O–H groups in total. The van der Waals surface area contributed by atoms with Crippen LogP contribution in [-0.2, 0) is 13.5 Å². The predicted octanol–water partition coefficient (Wildman–Crippen LogP) is 2.33. The lowest BCUT2D eigenvalue weighted by atomic mass is 9.98. The van der Waals surface area contributed by atoms with E-state index in [0.29, 0.717) is 6.04 Å². The first kappa shape index (κ1) is 10.7. The van der Waals surface area contributed by atoms with E-state index >= 15 is 0 Å². The summed E-state index contributed by atoms with van der Waals surface area (Å²) in [5.74, 6) is 0. The maximum absolute atomic E-state index is 3.61. The van der Waals surface area contributed by atoms with Crippen molar-refractivity contribution in [2.75, 3.05) is 6.54 Å². The van der Waals surface area contributed by atoms with Crippen molar-refractivity contribution in [3.63, 3.8) is 0 Å². The summed E-state index contributed by atoms with van der Waals surface area (Å²) in [7, 11) is 2.16. The molecule has 1 saturated heterocycles. The zero-order chi connectivity index (χ0) is 10.8. The summed E-state index contributed by atoms with van der Waals surface area (Å²) in [6.07, 6.45) is 5.28. The van der Waals surface area contributed by atoms with Gasteiger partial charge in [0.15, 0.2) is 0 Å². The van der Waals surface area contributed by atoms with Crippen LogP contribution in [0.5, 0.6) is 0 Å². The predicted molar refractivity (Wildman–Crippen MR) is 64.2 cm³/mol. The Morgan fingerprint density at radius 3 is 2.73 bits per heavy atom. The van der Waals surface area contributed by atoms with Gasteiger partial charge in [-0.2, -0.15) is 0 Å². The van der Waals surface area contributed by atoms with E-state index in [-0.39, 0.29) is 0 Å². The monoisotopic (exact) mass is 206 g/mol. The SMILES string of the molecule is Cc1cc(CC2CCCCN2)c(C)n1C. The van der Waals surface area contributed by atoms with E-state index < -0.39 is 0 Å². The molecule has 2 rings (SSSR count). The Morgan fingerprint density at radius 2 is 2.20 bits per heavy atom. The zero-order valence-corrected chi connectivity index (χ0v) is 10.1. The van der Waals surface area contributed by atoms with Crippen LogP contribution in [0.25, 0.3) is 0 Å². The van der Waals surface area contributed by atoms with Crippen molar-refractivity contribution < 1.29 is 0 Å². The molecular formula is C13H22N2. The summed E-state index contributed by atoms with van der Waals surface area (Å²) < 4.78 is 2.29. The van der Waals surface area contributed by atoms with Gasteiger partial charge in [-0.25, -0.2) is 0 Å². The quantitative estimate of drug-likeness (QED) is 0.786. The molecule has 2 heteroatoms. The number of aryl methyl sites for hydroxylation is 1. The third-order valence-corrected chi connectivity index (χ3v) is 3.76. The lowest BCUT2D eigenvalue weighted by Gasteiger charge is -2.23. The summed E-state index contributed by atoms with van der Waals surface area (Å²) in [5, 5.41) is 3.61.